The number of urea groups is 1. The number of carbonyl (C=O) groups excluding carboxylic acids is 1. The van der Waals surface area contributed by atoms with E-state index in [2.05, 4.69) is 0 Å². The van der Waals surface area contributed by atoms with Gasteiger partial charge in [0.25, 0.3) is 0 Å². The van der Waals surface area contributed by atoms with Crippen LogP contribution in [0.5, 0.6) is 0 Å². The van der Waals surface area contributed by atoms with Gasteiger partial charge in [0.2, 0.25) is 0 Å². The van der Waals surface area contributed by atoms with E-state index < -0.39 is 5.97 Å². The van der Waals surface area contributed by atoms with Crippen molar-refractivity contribution in [1.29, 1.82) is 0 Å². The lowest BCUT2D eigenvalue weighted by Crippen LogP contribution is -2.54. The number of carboxylic acid groups (broad SMARTS) is 1. The number of aliphatic carboxylic acids is 1. The molecule has 0 radical (unpaired) electrons. The third kappa shape index (κ3) is 2.37. The minimum atomic E-state index is -0.786. The highest BCUT2D eigenvalue weighted by molar-refractivity contribution is 5.75. The van der Waals surface area contributed by atoms with Crippen molar-refractivity contribution in [1.82, 2.24) is 9.80 Å². The van der Waals surface area contributed by atoms with Crippen LogP contribution in [0.3, 0.4) is 0 Å². The molecule has 1 heterocycles. The summed E-state index contributed by atoms with van der Waals surface area (Å²) in [7, 11) is 1.74. The Hall–Kier alpha value is -1.26. The molecule has 5 heteroatoms. The van der Waals surface area contributed by atoms with Gasteiger partial charge in [-0.1, -0.05) is 0 Å². The predicted octanol–water partition coefficient (Wildman–Crippen LogP) is 0.465. The second-order valence-electron chi connectivity index (χ2n) is 3.67. The third-order valence-electron chi connectivity index (χ3n) is 2.49. The predicted molar refractivity (Wildman–Crippen MR) is 51.0 cm³/mol. The second-order valence-corrected chi connectivity index (χ2v) is 3.67. The SMILES string of the molecule is CCN(C)C(=O)N1CC(CC(=O)O)C1. The molecule has 0 spiro atoms. The summed E-state index contributed by atoms with van der Waals surface area (Å²) in [5.41, 5.74) is 0. The summed E-state index contributed by atoms with van der Waals surface area (Å²) in [6.45, 7) is 3.75. The van der Waals surface area contributed by atoms with Crippen LogP contribution in [0, 0.1) is 5.92 Å². The smallest absolute Gasteiger partial charge is 0.319 e. The van der Waals surface area contributed by atoms with Gasteiger partial charge in [-0.25, -0.2) is 4.79 Å². The van der Waals surface area contributed by atoms with E-state index in [1.54, 1.807) is 16.8 Å². The summed E-state index contributed by atoms with van der Waals surface area (Å²) < 4.78 is 0. The average Bonchev–Trinajstić information content (AvgIpc) is 2.07. The zero-order chi connectivity index (χ0) is 10.7. The van der Waals surface area contributed by atoms with Gasteiger partial charge in [-0.15, -0.1) is 0 Å². The summed E-state index contributed by atoms with van der Waals surface area (Å²) >= 11 is 0. The van der Waals surface area contributed by atoms with E-state index >= 15 is 0 Å². The Bertz CT molecular complexity index is 236. The molecule has 2 amide bonds. The lowest BCUT2D eigenvalue weighted by atomic mass is 9.97. The number of likely N-dealkylation sites (tertiary alicyclic amines) is 1. The van der Waals surface area contributed by atoms with Crippen LogP contribution in [-0.4, -0.2) is 53.6 Å². The van der Waals surface area contributed by atoms with Gasteiger partial charge >= 0.3 is 12.0 Å². The number of carbonyl (C=O) groups is 2. The highest BCUT2D eigenvalue weighted by Crippen LogP contribution is 2.19. The molecule has 0 aromatic carbocycles. The fourth-order valence-corrected chi connectivity index (χ4v) is 1.48. The number of carboxylic acids is 1. The molecule has 0 bridgehead atoms. The van der Waals surface area contributed by atoms with Crippen molar-refractivity contribution in [3.8, 4) is 0 Å². The van der Waals surface area contributed by atoms with Crippen LogP contribution < -0.4 is 0 Å². The average molecular weight is 200 g/mol. The molecular formula is C9H16N2O3. The first kappa shape index (κ1) is 10.8. The number of rotatable bonds is 3. The van der Waals surface area contributed by atoms with E-state index in [0.29, 0.717) is 19.6 Å². The molecule has 0 aromatic rings. The van der Waals surface area contributed by atoms with Crippen molar-refractivity contribution in [2.24, 2.45) is 5.92 Å². The van der Waals surface area contributed by atoms with Crippen LogP contribution in [-0.2, 0) is 4.79 Å². The minimum absolute atomic E-state index is 0.00543. The van der Waals surface area contributed by atoms with Crippen LogP contribution in [0.2, 0.25) is 0 Å². The monoisotopic (exact) mass is 200 g/mol. The van der Waals surface area contributed by atoms with Crippen molar-refractivity contribution >= 4 is 12.0 Å². The van der Waals surface area contributed by atoms with E-state index in [1.807, 2.05) is 6.92 Å². The molecule has 0 atom stereocenters. The summed E-state index contributed by atoms with van der Waals surface area (Å²) in [6, 6.07) is -0.00543. The van der Waals surface area contributed by atoms with Crippen LogP contribution in [0.25, 0.3) is 0 Å². The van der Waals surface area contributed by atoms with Gasteiger partial charge < -0.3 is 14.9 Å². The van der Waals surface area contributed by atoms with Gasteiger partial charge in [-0.2, -0.15) is 0 Å². The van der Waals surface area contributed by atoms with E-state index in [-0.39, 0.29) is 18.4 Å². The summed E-state index contributed by atoms with van der Waals surface area (Å²) in [5.74, 6) is -0.646. The largest absolute Gasteiger partial charge is 0.481 e. The van der Waals surface area contributed by atoms with Crippen LogP contribution in [0.15, 0.2) is 0 Å². The first-order valence-electron chi connectivity index (χ1n) is 4.76. The standard InChI is InChI=1S/C9H16N2O3/c1-3-10(2)9(14)11-5-7(6-11)4-8(12)13/h7H,3-6H2,1-2H3,(H,12,13). The summed E-state index contributed by atoms with van der Waals surface area (Å²) in [6.07, 6.45) is 0.166. The Morgan fingerprint density at radius 1 is 1.50 bits per heavy atom. The fourth-order valence-electron chi connectivity index (χ4n) is 1.48. The molecule has 1 saturated heterocycles. The Balaban J connectivity index is 2.27. The Kier molecular flexibility index (Phi) is 3.33. The molecule has 5 nitrogen and oxygen atoms in total. The highest BCUT2D eigenvalue weighted by Gasteiger charge is 2.32. The van der Waals surface area contributed by atoms with Crippen molar-refractivity contribution in [3.63, 3.8) is 0 Å². The molecule has 1 N–H and O–H groups in total. The Labute approximate surface area is 83.3 Å². The lowest BCUT2D eigenvalue weighted by Gasteiger charge is -2.40. The van der Waals surface area contributed by atoms with Crippen molar-refractivity contribution in [2.45, 2.75) is 13.3 Å². The maximum Gasteiger partial charge on any atom is 0.319 e. The van der Waals surface area contributed by atoms with Gasteiger partial charge in [0.1, 0.15) is 0 Å². The molecule has 14 heavy (non-hydrogen) atoms. The van der Waals surface area contributed by atoms with Crippen LogP contribution in [0.1, 0.15) is 13.3 Å². The molecule has 0 unspecified atom stereocenters. The lowest BCUT2D eigenvalue weighted by molar-refractivity contribution is -0.139. The summed E-state index contributed by atoms with van der Waals surface area (Å²) in [5, 5.41) is 8.52. The topological polar surface area (TPSA) is 60.9 Å². The maximum absolute atomic E-state index is 11.5. The molecule has 0 aromatic heterocycles. The first-order chi connectivity index (χ1) is 6.54. The van der Waals surface area contributed by atoms with E-state index in [0.717, 1.165) is 0 Å². The molecule has 0 saturated carbocycles. The van der Waals surface area contributed by atoms with E-state index in [4.69, 9.17) is 5.11 Å². The molecule has 1 rings (SSSR count). The molecule has 1 aliphatic rings. The van der Waals surface area contributed by atoms with Gasteiger partial charge in [-0.3, -0.25) is 4.79 Å². The van der Waals surface area contributed by atoms with Crippen molar-refractivity contribution in [3.05, 3.63) is 0 Å². The number of hydrogen-bond acceptors (Lipinski definition) is 2. The zero-order valence-electron chi connectivity index (χ0n) is 8.56. The van der Waals surface area contributed by atoms with Gasteiger partial charge in [-0.05, 0) is 6.92 Å². The van der Waals surface area contributed by atoms with Gasteiger partial charge in [0, 0.05) is 32.6 Å². The van der Waals surface area contributed by atoms with Crippen molar-refractivity contribution in [2.75, 3.05) is 26.7 Å². The molecule has 80 valence electrons. The number of amides is 2. The zero-order valence-corrected chi connectivity index (χ0v) is 8.56. The quantitative estimate of drug-likeness (QED) is 0.720. The fraction of sp³-hybridized carbons (Fsp3) is 0.778. The second kappa shape index (κ2) is 4.30. The molecule has 1 aliphatic heterocycles. The maximum atomic E-state index is 11.5. The molecular weight excluding hydrogens is 184 g/mol. The Morgan fingerprint density at radius 3 is 2.50 bits per heavy atom. The van der Waals surface area contributed by atoms with Gasteiger partial charge in [0.05, 0.1) is 6.42 Å². The molecule has 1 fully saturated rings. The Morgan fingerprint density at radius 2 is 2.07 bits per heavy atom. The van der Waals surface area contributed by atoms with Gasteiger partial charge in [0.15, 0.2) is 0 Å². The van der Waals surface area contributed by atoms with E-state index in [1.165, 1.54) is 0 Å². The molecule has 0 aliphatic carbocycles. The van der Waals surface area contributed by atoms with Crippen molar-refractivity contribution < 1.29 is 14.7 Å². The van der Waals surface area contributed by atoms with Crippen LogP contribution >= 0.6 is 0 Å². The normalized spacial score (nSPS) is 16.3. The van der Waals surface area contributed by atoms with Crippen LogP contribution in [0.4, 0.5) is 4.79 Å². The first-order valence-corrected chi connectivity index (χ1v) is 4.76. The number of nitrogens with zero attached hydrogens (tertiary/aromatic N) is 2. The van der Waals surface area contributed by atoms with E-state index in [9.17, 15) is 9.59 Å². The highest BCUT2D eigenvalue weighted by atomic mass is 16.4. The summed E-state index contributed by atoms with van der Waals surface area (Å²) in [4.78, 5) is 25.1. The minimum Gasteiger partial charge on any atom is -0.481 e. The third-order valence-corrected chi connectivity index (χ3v) is 2.49. The number of hydrogen-bond donors (Lipinski definition) is 1.